The molecule has 10 N–H and O–H groups in total. The molecule has 2 rings (SSSR count). The molecule has 0 aromatic rings. The predicted octanol–water partition coefficient (Wildman–Crippen LogP) is -4.71. The molecule has 39 heavy (non-hydrogen) atoms. The predicted molar refractivity (Wildman–Crippen MR) is 131 cm³/mol. The fourth-order valence-corrected chi connectivity index (χ4v) is 4.89. The largest absolute Gasteiger partial charge is 0.477 e. The lowest BCUT2D eigenvalue weighted by Gasteiger charge is -2.47. The van der Waals surface area contributed by atoms with Crippen molar-refractivity contribution < 1.29 is 74.5 Å². The van der Waals surface area contributed by atoms with Gasteiger partial charge in [-0.1, -0.05) is 19.6 Å². The monoisotopic (exact) mass is 587 g/mol. The van der Waals surface area contributed by atoms with Crippen LogP contribution in [0.1, 0.15) is 6.42 Å². The summed E-state index contributed by atoms with van der Waals surface area (Å²) >= 11 is 0. The molecule has 1 amide bonds. The van der Waals surface area contributed by atoms with Gasteiger partial charge < -0.3 is 70.2 Å². The first kappa shape index (κ1) is 33.9. The average Bonchev–Trinajstić information content (AvgIpc) is 2.87. The van der Waals surface area contributed by atoms with Crippen molar-refractivity contribution >= 4 is 20.0 Å². The van der Waals surface area contributed by atoms with Gasteiger partial charge in [0.05, 0.1) is 25.4 Å². The Morgan fingerprint density at radius 2 is 1.72 bits per heavy atom. The quantitative estimate of drug-likeness (QED) is 0.0907. The third-order valence-electron chi connectivity index (χ3n) is 6.57. The second-order valence-corrected chi connectivity index (χ2v) is 16.5. The summed E-state index contributed by atoms with van der Waals surface area (Å²) in [5.41, 5.74) is 0. The highest BCUT2D eigenvalue weighted by Gasteiger charge is 2.56. The van der Waals surface area contributed by atoms with E-state index >= 15 is 0 Å². The standard InChI is InChI=1S/C22H41NO15Si/c1-39(2,3)5-4-35-20-18(32)17(31)16(30)12(37-20)9-36-22(21(33)34)6-10(26)14(23-13(28)8-25)19(38-22)15(29)11(27)7-24/h10-12,14-20,24-27,29-32H,4-9H2,1-3H3,(H,23,28)(H,33,34)/t10-,11+,12+,14+,15+,16-,17-,18+,19+,20+,22+/m0/s1. The summed E-state index contributed by atoms with van der Waals surface area (Å²) in [5, 5.41) is 92.5. The summed E-state index contributed by atoms with van der Waals surface area (Å²) in [5.74, 6) is -5.52. The maximum absolute atomic E-state index is 12.3. The highest BCUT2D eigenvalue weighted by atomic mass is 28.3. The number of nitrogens with one attached hydrogen (secondary N) is 1. The highest BCUT2D eigenvalue weighted by molar-refractivity contribution is 6.76. The molecule has 2 heterocycles. The lowest BCUT2D eigenvalue weighted by atomic mass is 9.88. The van der Waals surface area contributed by atoms with Gasteiger partial charge >= 0.3 is 5.97 Å². The van der Waals surface area contributed by atoms with E-state index in [0.29, 0.717) is 6.04 Å². The molecule has 0 aromatic heterocycles. The summed E-state index contributed by atoms with van der Waals surface area (Å²) in [4.78, 5) is 24.0. The van der Waals surface area contributed by atoms with Gasteiger partial charge in [0.1, 0.15) is 49.3 Å². The van der Waals surface area contributed by atoms with Crippen LogP contribution in [0.4, 0.5) is 0 Å². The zero-order valence-electron chi connectivity index (χ0n) is 22.0. The van der Waals surface area contributed by atoms with Crippen LogP contribution in [0.15, 0.2) is 0 Å². The third kappa shape index (κ3) is 8.58. The number of ether oxygens (including phenoxy) is 4. The summed E-state index contributed by atoms with van der Waals surface area (Å²) in [6.07, 6.45) is -16.3. The summed E-state index contributed by atoms with van der Waals surface area (Å²) < 4.78 is 22.0. The number of carbonyl (C=O) groups excluding carboxylic acids is 1. The van der Waals surface area contributed by atoms with Crippen LogP contribution in [0.25, 0.3) is 0 Å². The zero-order valence-corrected chi connectivity index (χ0v) is 23.0. The molecule has 2 aliphatic heterocycles. The average molecular weight is 588 g/mol. The molecule has 0 spiro atoms. The van der Waals surface area contributed by atoms with E-state index in [1.54, 1.807) is 0 Å². The van der Waals surface area contributed by atoms with Crippen LogP contribution >= 0.6 is 0 Å². The van der Waals surface area contributed by atoms with Crippen molar-refractivity contribution in [2.75, 3.05) is 26.4 Å². The van der Waals surface area contributed by atoms with E-state index in [1.807, 2.05) is 0 Å². The molecule has 2 fully saturated rings. The van der Waals surface area contributed by atoms with Gasteiger partial charge in [-0.3, -0.25) is 4.79 Å². The second-order valence-electron chi connectivity index (χ2n) is 10.9. The first-order chi connectivity index (χ1) is 18.1. The summed E-state index contributed by atoms with van der Waals surface area (Å²) in [6, 6.07) is -0.834. The molecule has 2 saturated heterocycles. The number of rotatable bonds is 13. The first-order valence-electron chi connectivity index (χ1n) is 12.5. The van der Waals surface area contributed by atoms with Crippen LogP contribution < -0.4 is 5.32 Å². The SMILES string of the molecule is C[Si](C)(C)CCO[C@@H]1O[C@H](CO[C@]2(C(=O)O)C[C@H](O)[C@@H](NC(=O)CO)[C@H]([C@H](O)[C@H](O)CO)O2)[C@H](O)[C@H](O)[C@H]1O. The number of carbonyl (C=O) groups is 2. The van der Waals surface area contributed by atoms with E-state index in [4.69, 9.17) is 24.1 Å². The Labute approximate surface area is 225 Å². The number of aliphatic carboxylic acids is 1. The number of carboxylic acids is 1. The fraction of sp³-hybridized carbons (Fsp3) is 0.909. The topological polar surface area (TPSA) is 265 Å². The van der Waals surface area contributed by atoms with Crippen molar-refractivity contribution in [2.45, 2.75) is 99.1 Å². The van der Waals surface area contributed by atoms with Crippen LogP contribution in [0, 0.1) is 0 Å². The molecule has 0 saturated carbocycles. The van der Waals surface area contributed by atoms with Gasteiger partial charge in [0.2, 0.25) is 5.91 Å². The lowest BCUT2D eigenvalue weighted by Crippen LogP contribution is -2.68. The first-order valence-corrected chi connectivity index (χ1v) is 16.2. The Morgan fingerprint density at radius 1 is 1.08 bits per heavy atom. The molecule has 11 atom stereocenters. The Balaban J connectivity index is 2.24. The molecular weight excluding hydrogens is 546 g/mol. The van der Waals surface area contributed by atoms with Crippen molar-refractivity contribution in [1.29, 1.82) is 0 Å². The molecule has 0 aromatic carbocycles. The molecule has 0 aliphatic carbocycles. The Kier molecular flexibility index (Phi) is 12.2. The molecule has 16 nitrogen and oxygen atoms in total. The highest BCUT2D eigenvalue weighted by Crippen LogP contribution is 2.34. The number of hydrogen-bond acceptors (Lipinski definition) is 14. The minimum Gasteiger partial charge on any atom is -0.477 e. The van der Waals surface area contributed by atoms with Crippen LogP contribution in [-0.4, -0.2) is 159 Å². The fourth-order valence-electron chi connectivity index (χ4n) is 4.16. The summed E-state index contributed by atoms with van der Waals surface area (Å²) in [6.45, 7) is 3.71. The minimum absolute atomic E-state index is 0.190. The van der Waals surface area contributed by atoms with Crippen molar-refractivity contribution in [2.24, 2.45) is 0 Å². The van der Waals surface area contributed by atoms with E-state index in [9.17, 15) is 50.4 Å². The molecule has 0 bridgehead atoms. The molecular formula is C22H41NO15Si. The van der Waals surface area contributed by atoms with Gasteiger partial charge in [0.15, 0.2) is 6.29 Å². The third-order valence-corrected chi connectivity index (χ3v) is 8.28. The Morgan fingerprint density at radius 3 is 2.26 bits per heavy atom. The van der Waals surface area contributed by atoms with E-state index in [-0.39, 0.29) is 6.61 Å². The van der Waals surface area contributed by atoms with E-state index < -0.39 is 113 Å². The molecule has 17 heteroatoms. The number of carboxylic acid groups (broad SMARTS) is 1. The summed E-state index contributed by atoms with van der Waals surface area (Å²) in [7, 11) is -1.52. The molecule has 0 unspecified atom stereocenters. The second kappa shape index (κ2) is 14.0. The van der Waals surface area contributed by atoms with E-state index in [1.165, 1.54) is 0 Å². The van der Waals surface area contributed by atoms with Gasteiger partial charge in [0.25, 0.3) is 5.79 Å². The Bertz CT molecular complexity index is 815. The number of hydrogen-bond donors (Lipinski definition) is 10. The van der Waals surface area contributed by atoms with Crippen molar-refractivity contribution in [3.63, 3.8) is 0 Å². The van der Waals surface area contributed by atoms with Gasteiger partial charge in [0, 0.05) is 21.1 Å². The number of amides is 1. The van der Waals surface area contributed by atoms with Gasteiger partial charge in [-0.15, -0.1) is 0 Å². The van der Waals surface area contributed by atoms with E-state index in [0.717, 1.165) is 0 Å². The lowest BCUT2D eigenvalue weighted by molar-refractivity contribution is -0.338. The van der Waals surface area contributed by atoms with Crippen LogP contribution in [-0.2, 0) is 28.5 Å². The van der Waals surface area contributed by atoms with Crippen LogP contribution in [0.5, 0.6) is 0 Å². The molecule has 2 aliphatic rings. The van der Waals surface area contributed by atoms with E-state index in [2.05, 4.69) is 25.0 Å². The maximum Gasteiger partial charge on any atom is 0.364 e. The maximum atomic E-state index is 12.3. The van der Waals surface area contributed by atoms with Crippen LogP contribution in [0.3, 0.4) is 0 Å². The molecule has 228 valence electrons. The van der Waals surface area contributed by atoms with Gasteiger partial charge in [-0.25, -0.2) is 4.79 Å². The zero-order chi connectivity index (χ0) is 29.7. The van der Waals surface area contributed by atoms with Crippen molar-refractivity contribution in [3.8, 4) is 0 Å². The minimum atomic E-state index is -2.72. The Hall–Kier alpha value is -1.32. The van der Waals surface area contributed by atoms with Crippen molar-refractivity contribution in [1.82, 2.24) is 5.32 Å². The van der Waals surface area contributed by atoms with Gasteiger partial charge in [-0.2, -0.15) is 0 Å². The van der Waals surface area contributed by atoms with Gasteiger partial charge in [-0.05, 0) is 6.04 Å². The smallest absolute Gasteiger partial charge is 0.364 e. The van der Waals surface area contributed by atoms with Crippen LogP contribution in [0.2, 0.25) is 25.7 Å². The van der Waals surface area contributed by atoms with Crippen molar-refractivity contribution in [3.05, 3.63) is 0 Å². The molecule has 0 radical (unpaired) electrons. The number of aliphatic hydroxyl groups is 8. The number of aliphatic hydroxyl groups excluding tert-OH is 8. The normalized spacial score (nSPS) is 37.2.